The summed E-state index contributed by atoms with van der Waals surface area (Å²) >= 11 is 0. The predicted octanol–water partition coefficient (Wildman–Crippen LogP) is 1.83. The van der Waals surface area contributed by atoms with Crippen LogP contribution < -0.4 is 21.7 Å². The molecule has 166 valence electrons. The Morgan fingerprint density at radius 2 is 1.78 bits per heavy atom. The van der Waals surface area contributed by atoms with E-state index >= 15 is 0 Å². The molecule has 8 nitrogen and oxygen atoms in total. The number of amides is 1. The first kappa shape index (κ1) is 21.9. The third-order valence-electron chi connectivity index (χ3n) is 5.44. The molecule has 2 heterocycles. The number of nitrogens with two attached hydrogens (primary N) is 2. The minimum atomic E-state index is -0.628. The van der Waals surface area contributed by atoms with Gasteiger partial charge < -0.3 is 26.4 Å². The molecule has 5 N–H and O–H groups in total. The Kier molecular flexibility index (Phi) is 7.06. The Hall–Kier alpha value is -3.33. The summed E-state index contributed by atoms with van der Waals surface area (Å²) in [5.41, 5.74) is 16.6. The van der Waals surface area contributed by atoms with Gasteiger partial charge in [0.15, 0.2) is 5.69 Å². The van der Waals surface area contributed by atoms with Gasteiger partial charge in [-0.25, -0.2) is 4.98 Å². The fourth-order valence-corrected chi connectivity index (χ4v) is 3.78. The molecule has 1 aliphatic rings. The highest BCUT2D eigenvalue weighted by Gasteiger charge is 2.13. The molecule has 0 unspecified atom stereocenters. The third kappa shape index (κ3) is 5.28. The van der Waals surface area contributed by atoms with Crippen LogP contribution in [0.15, 0.2) is 54.7 Å². The minimum absolute atomic E-state index is 0.113. The van der Waals surface area contributed by atoms with E-state index in [9.17, 15) is 4.79 Å². The summed E-state index contributed by atoms with van der Waals surface area (Å²) in [6, 6.07) is 16.6. The number of carbonyl (C=O) groups excluding carboxylic acids is 1. The maximum atomic E-state index is 11.7. The van der Waals surface area contributed by atoms with Crippen LogP contribution >= 0.6 is 0 Å². The van der Waals surface area contributed by atoms with Gasteiger partial charge in [0.2, 0.25) is 0 Å². The van der Waals surface area contributed by atoms with Crippen molar-refractivity contribution in [3.63, 3.8) is 0 Å². The summed E-state index contributed by atoms with van der Waals surface area (Å²) in [6.07, 6.45) is 1.62. The zero-order chi connectivity index (χ0) is 22.3. The second-order valence-electron chi connectivity index (χ2n) is 7.69. The molecule has 0 spiro atoms. The molecule has 1 amide bonds. The van der Waals surface area contributed by atoms with Gasteiger partial charge in [0.1, 0.15) is 0 Å². The molecule has 1 aliphatic heterocycles. The molecule has 1 fully saturated rings. The number of morpholine rings is 1. The van der Waals surface area contributed by atoms with Crippen LogP contribution in [-0.2, 0) is 24.4 Å². The van der Waals surface area contributed by atoms with Crippen LogP contribution in [0.4, 0.5) is 5.69 Å². The van der Waals surface area contributed by atoms with E-state index in [0.717, 1.165) is 44.0 Å². The van der Waals surface area contributed by atoms with Gasteiger partial charge in [-0.2, -0.15) is 0 Å². The summed E-state index contributed by atoms with van der Waals surface area (Å²) in [4.78, 5) is 22.7. The van der Waals surface area contributed by atoms with Gasteiger partial charge in [-0.05, 0) is 29.3 Å². The number of carbonyl (C=O) groups is 1. The number of anilines is 1. The van der Waals surface area contributed by atoms with Crippen molar-refractivity contribution in [1.29, 1.82) is 0 Å². The van der Waals surface area contributed by atoms with Crippen molar-refractivity contribution < 1.29 is 9.53 Å². The van der Waals surface area contributed by atoms with Crippen LogP contribution in [-0.4, -0.2) is 42.2 Å². The molecular weight excluding hydrogens is 404 g/mol. The number of nitrogens with one attached hydrogen (secondary N) is 1. The first-order chi connectivity index (χ1) is 15.6. The van der Waals surface area contributed by atoms with E-state index < -0.39 is 5.91 Å². The summed E-state index contributed by atoms with van der Waals surface area (Å²) in [5, 5.41) is 3.50. The lowest BCUT2D eigenvalue weighted by Gasteiger charge is -2.29. The van der Waals surface area contributed by atoms with Crippen LogP contribution in [0.1, 0.15) is 27.3 Å². The molecule has 3 aromatic rings. The van der Waals surface area contributed by atoms with Gasteiger partial charge in [-0.1, -0.05) is 30.3 Å². The van der Waals surface area contributed by atoms with E-state index in [0.29, 0.717) is 17.9 Å². The summed E-state index contributed by atoms with van der Waals surface area (Å²) < 4.78 is 5.45. The lowest BCUT2D eigenvalue weighted by Crippen LogP contribution is -2.36. The van der Waals surface area contributed by atoms with Crippen LogP contribution in [0.2, 0.25) is 0 Å². The molecule has 0 bridgehead atoms. The van der Waals surface area contributed by atoms with E-state index in [1.54, 1.807) is 6.20 Å². The standard InChI is InChI=1S/C24H28N6O2/c25-13-21-23(24(26)31)29-22(16-28-21)19-5-1-3-17(11-19)14-27-15-18-4-2-6-20(12-18)30-7-9-32-10-8-30/h1-6,11-12,16,27H,7-10,13-15,25H2,(H2,26,31). The van der Waals surface area contributed by atoms with Crippen LogP contribution in [0.25, 0.3) is 11.3 Å². The minimum Gasteiger partial charge on any atom is -0.378 e. The molecular formula is C24H28N6O2. The van der Waals surface area contributed by atoms with Crippen molar-refractivity contribution in [2.24, 2.45) is 11.5 Å². The number of nitrogens with zero attached hydrogens (tertiary/aromatic N) is 3. The molecule has 1 aromatic heterocycles. The van der Waals surface area contributed by atoms with Gasteiger partial charge in [0.25, 0.3) is 5.91 Å². The first-order valence-corrected chi connectivity index (χ1v) is 10.7. The van der Waals surface area contributed by atoms with E-state index in [1.807, 2.05) is 18.2 Å². The highest BCUT2D eigenvalue weighted by atomic mass is 16.5. The third-order valence-corrected chi connectivity index (χ3v) is 5.44. The molecule has 0 saturated carbocycles. The zero-order valence-electron chi connectivity index (χ0n) is 18.0. The quantitative estimate of drug-likeness (QED) is 0.497. The number of rotatable bonds is 8. The fraction of sp³-hybridized carbons (Fsp3) is 0.292. The number of hydrogen-bond donors (Lipinski definition) is 3. The Balaban J connectivity index is 1.41. The Labute approximate surface area is 187 Å². The number of ether oxygens (including phenoxy) is 1. The molecule has 0 radical (unpaired) electrons. The predicted molar refractivity (Wildman–Crippen MR) is 124 cm³/mol. The van der Waals surface area contributed by atoms with E-state index in [-0.39, 0.29) is 12.2 Å². The zero-order valence-corrected chi connectivity index (χ0v) is 18.0. The highest BCUT2D eigenvalue weighted by molar-refractivity contribution is 5.92. The van der Waals surface area contributed by atoms with E-state index in [2.05, 4.69) is 50.5 Å². The van der Waals surface area contributed by atoms with Crippen LogP contribution in [0.3, 0.4) is 0 Å². The molecule has 32 heavy (non-hydrogen) atoms. The number of hydrogen-bond acceptors (Lipinski definition) is 7. The monoisotopic (exact) mass is 432 g/mol. The van der Waals surface area contributed by atoms with E-state index in [1.165, 1.54) is 11.3 Å². The molecule has 0 aliphatic carbocycles. The topological polar surface area (TPSA) is 119 Å². The maximum absolute atomic E-state index is 11.7. The first-order valence-electron chi connectivity index (χ1n) is 10.7. The lowest BCUT2D eigenvalue weighted by molar-refractivity contribution is 0.0994. The van der Waals surface area contributed by atoms with Crippen molar-refractivity contribution in [1.82, 2.24) is 15.3 Å². The van der Waals surface area contributed by atoms with Crippen molar-refractivity contribution in [3.05, 3.63) is 77.2 Å². The van der Waals surface area contributed by atoms with Gasteiger partial charge in [0.05, 0.1) is 30.8 Å². The Bertz CT molecular complexity index is 1080. The normalized spacial score (nSPS) is 13.8. The van der Waals surface area contributed by atoms with Crippen LogP contribution in [0, 0.1) is 0 Å². The van der Waals surface area contributed by atoms with Crippen molar-refractivity contribution in [3.8, 4) is 11.3 Å². The number of primary amides is 1. The molecule has 0 atom stereocenters. The van der Waals surface area contributed by atoms with Crippen molar-refractivity contribution >= 4 is 11.6 Å². The second-order valence-corrected chi connectivity index (χ2v) is 7.69. The lowest BCUT2D eigenvalue weighted by atomic mass is 10.1. The molecule has 4 rings (SSSR count). The van der Waals surface area contributed by atoms with Crippen LogP contribution in [0.5, 0.6) is 0 Å². The molecule has 8 heteroatoms. The average Bonchev–Trinajstić information content (AvgIpc) is 2.84. The number of aromatic nitrogens is 2. The SMILES string of the molecule is NCc1ncc(-c2cccc(CNCc3cccc(N4CCOCC4)c3)c2)nc1C(N)=O. The van der Waals surface area contributed by atoms with E-state index in [4.69, 9.17) is 16.2 Å². The summed E-state index contributed by atoms with van der Waals surface area (Å²) in [6.45, 7) is 4.98. The van der Waals surface area contributed by atoms with Gasteiger partial charge in [0, 0.05) is 44.0 Å². The maximum Gasteiger partial charge on any atom is 0.269 e. The second kappa shape index (κ2) is 10.3. The summed E-state index contributed by atoms with van der Waals surface area (Å²) in [5.74, 6) is -0.628. The Morgan fingerprint density at radius 1 is 1.06 bits per heavy atom. The highest BCUT2D eigenvalue weighted by Crippen LogP contribution is 2.20. The van der Waals surface area contributed by atoms with Crippen molar-refractivity contribution in [2.75, 3.05) is 31.2 Å². The Morgan fingerprint density at radius 3 is 2.50 bits per heavy atom. The smallest absolute Gasteiger partial charge is 0.269 e. The fourth-order valence-electron chi connectivity index (χ4n) is 3.78. The van der Waals surface area contributed by atoms with Gasteiger partial charge in [-0.3, -0.25) is 9.78 Å². The molecule has 1 saturated heterocycles. The number of benzene rings is 2. The molecule has 2 aromatic carbocycles. The van der Waals surface area contributed by atoms with Crippen molar-refractivity contribution in [2.45, 2.75) is 19.6 Å². The van der Waals surface area contributed by atoms with Gasteiger partial charge >= 0.3 is 0 Å². The van der Waals surface area contributed by atoms with Gasteiger partial charge in [-0.15, -0.1) is 0 Å². The largest absolute Gasteiger partial charge is 0.378 e. The summed E-state index contributed by atoms with van der Waals surface area (Å²) in [7, 11) is 0. The average molecular weight is 433 g/mol.